The number of rotatable bonds is 4. The van der Waals surface area contributed by atoms with E-state index in [0.29, 0.717) is 27.4 Å². The van der Waals surface area contributed by atoms with Crippen molar-refractivity contribution in [1.82, 2.24) is 4.98 Å². The van der Waals surface area contributed by atoms with E-state index < -0.39 is 0 Å². The molecular formula is C18H15Cl2N3O. The molecule has 0 saturated heterocycles. The zero-order valence-corrected chi connectivity index (χ0v) is 14.4. The Morgan fingerprint density at radius 1 is 1.00 bits per heavy atom. The molecule has 4 nitrogen and oxygen atoms in total. The number of nitrogens with two attached hydrogens (primary N) is 1. The largest absolute Gasteiger partial charge is 0.496 e. The first-order chi connectivity index (χ1) is 11.5. The third-order valence-electron chi connectivity index (χ3n) is 3.41. The highest BCUT2D eigenvalue weighted by molar-refractivity contribution is 6.31. The second-order valence-electron chi connectivity index (χ2n) is 5.15. The summed E-state index contributed by atoms with van der Waals surface area (Å²) >= 11 is 12.1. The Kier molecular flexibility index (Phi) is 4.79. The number of hydrogen-bond donors (Lipinski definition) is 2. The standard InChI is InChI=1S/C18H15Cl2N3O/c1-24-16-6-5-13(20)10-15(16)11-7-17(21)23-18(8-11)22-14-4-2-3-12(19)9-14/h2-10H,1H3,(H3,21,22,23). The zero-order chi connectivity index (χ0) is 17.1. The molecule has 3 rings (SSSR count). The number of benzene rings is 2. The quantitative estimate of drug-likeness (QED) is 0.655. The highest BCUT2D eigenvalue weighted by Gasteiger charge is 2.10. The number of hydrogen-bond acceptors (Lipinski definition) is 4. The van der Waals surface area contributed by atoms with Gasteiger partial charge in [-0.3, -0.25) is 0 Å². The van der Waals surface area contributed by atoms with E-state index in [4.69, 9.17) is 33.7 Å². The van der Waals surface area contributed by atoms with Crippen LogP contribution in [0.4, 0.5) is 17.3 Å². The topological polar surface area (TPSA) is 60.2 Å². The summed E-state index contributed by atoms with van der Waals surface area (Å²) in [6.45, 7) is 0. The zero-order valence-electron chi connectivity index (χ0n) is 12.9. The monoisotopic (exact) mass is 359 g/mol. The predicted octanol–water partition coefficient (Wildman–Crippen LogP) is 5.39. The average molecular weight is 360 g/mol. The first-order valence-corrected chi connectivity index (χ1v) is 7.95. The molecule has 0 fully saturated rings. The molecule has 0 aliphatic carbocycles. The lowest BCUT2D eigenvalue weighted by atomic mass is 10.1. The van der Waals surface area contributed by atoms with Crippen LogP contribution in [0.2, 0.25) is 10.0 Å². The Balaban J connectivity index is 2.02. The number of methoxy groups -OCH3 is 1. The Morgan fingerprint density at radius 3 is 2.54 bits per heavy atom. The molecule has 0 unspecified atom stereocenters. The van der Waals surface area contributed by atoms with Crippen molar-refractivity contribution in [2.24, 2.45) is 0 Å². The van der Waals surface area contributed by atoms with Gasteiger partial charge in [0.05, 0.1) is 7.11 Å². The van der Waals surface area contributed by atoms with Crippen LogP contribution in [0.1, 0.15) is 0 Å². The molecule has 0 bridgehead atoms. The number of nitrogens with zero attached hydrogens (tertiary/aromatic N) is 1. The number of nitrogens with one attached hydrogen (secondary N) is 1. The Hall–Kier alpha value is -2.43. The number of aromatic nitrogens is 1. The van der Waals surface area contributed by atoms with Crippen LogP contribution in [0.5, 0.6) is 5.75 Å². The first kappa shape index (κ1) is 16.4. The lowest BCUT2D eigenvalue weighted by Gasteiger charge is -2.12. The van der Waals surface area contributed by atoms with E-state index in [9.17, 15) is 0 Å². The fourth-order valence-corrected chi connectivity index (χ4v) is 2.75. The molecule has 0 saturated carbocycles. The van der Waals surface area contributed by atoms with Crippen LogP contribution < -0.4 is 15.8 Å². The summed E-state index contributed by atoms with van der Waals surface area (Å²) in [6.07, 6.45) is 0. The summed E-state index contributed by atoms with van der Waals surface area (Å²) in [6, 6.07) is 16.5. The molecule has 0 radical (unpaired) electrons. The lowest BCUT2D eigenvalue weighted by Crippen LogP contribution is -1.99. The van der Waals surface area contributed by atoms with Gasteiger partial charge in [-0.1, -0.05) is 29.3 Å². The van der Waals surface area contributed by atoms with Gasteiger partial charge in [0, 0.05) is 21.3 Å². The second kappa shape index (κ2) is 6.99. The van der Waals surface area contributed by atoms with Crippen molar-refractivity contribution in [3.05, 3.63) is 64.6 Å². The SMILES string of the molecule is COc1ccc(Cl)cc1-c1cc(N)nc(Nc2cccc(Cl)c2)c1. The number of nitrogen functional groups attached to an aromatic ring is 1. The predicted molar refractivity (Wildman–Crippen MR) is 100 cm³/mol. The summed E-state index contributed by atoms with van der Waals surface area (Å²) in [5, 5.41) is 4.45. The van der Waals surface area contributed by atoms with Crippen molar-refractivity contribution in [2.45, 2.75) is 0 Å². The van der Waals surface area contributed by atoms with Gasteiger partial charge in [0.1, 0.15) is 17.4 Å². The van der Waals surface area contributed by atoms with Crippen LogP contribution in [0.15, 0.2) is 54.6 Å². The Morgan fingerprint density at radius 2 is 1.79 bits per heavy atom. The Bertz CT molecular complexity index is 884. The van der Waals surface area contributed by atoms with E-state index in [1.54, 1.807) is 19.2 Å². The summed E-state index contributed by atoms with van der Waals surface area (Å²) < 4.78 is 5.41. The summed E-state index contributed by atoms with van der Waals surface area (Å²) in [4.78, 5) is 4.31. The highest BCUT2D eigenvalue weighted by Crippen LogP contribution is 2.34. The van der Waals surface area contributed by atoms with Gasteiger partial charge in [0.2, 0.25) is 0 Å². The molecule has 6 heteroatoms. The smallest absolute Gasteiger partial charge is 0.133 e. The molecule has 2 aromatic carbocycles. The maximum atomic E-state index is 6.12. The van der Waals surface area contributed by atoms with E-state index in [0.717, 1.165) is 16.8 Å². The summed E-state index contributed by atoms with van der Waals surface area (Å²) in [5.74, 6) is 1.70. The van der Waals surface area contributed by atoms with Crippen molar-refractivity contribution in [3.63, 3.8) is 0 Å². The summed E-state index contributed by atoms with van der Waals surface area (Å²) in [5.41, 5.74) is 8.48. The number of halogens is 2. The fraction of sp³-hybridized carbons (Fsp3) is 0.0556. The third kappa shape index (κ3) is 3.72. The van der Waals surface area contributed by atoms with Crippen molar-refractivity contribution < 1.29 is 4.74 Å². The number of ether oxygens (including phenoxy) is 1. The Labute approximate surface area is 150 Å². The minimum atomic E-state index is 0.388. The van der Waals surface area contributed by atoms with E-state index in [1.807, 2.05) is 42.5 Å². The molecule has 0 atom stereocenters. The van der Waals surface area contributed by atoms with Gasteiger partial charge in [0.15, 0.2) is 0 Å². The van der Waals surface area contributed by atoms with Crippen molar-refractivity contribution in [1.29, 1.82) is 0 Å². The van der Waals surface area contributed by atoms with Crippen LogP contribution >= 0.6 is 23.2 Å². The van der Waals surface area contributed by atoms with Gasteiger partial charge in [-0.05, 0) is 54.1 Å². The average Bonchev–Trinajstić information content (AvgIpc) is 2.54. The van der Waals surface area contributed by atoms with E-state index >= 15 is 0 Å². The van der Waals surface area contributed by atoms with Crippen LogP contribution in [-0.4, -0.2) is 12.1 Å². The molecule has 1 aromatic heterocycles. The number of anilines is 3. The van der Waals surface area contributed by atoms with Crippen LogP contribution in [0, 0.1) is 0 Å². The second-order valence-corrected chi connectivity index (χ2v) is 6.02. The first-order valence-electron chi connectivity index (χ1n) is 7.19. The van der Waals surface area contributed by atoms with E-state index in [2.05, 4.69) is 10.3 Å². The minimum Gasteiger partial charge on any atom is -0.496 e. The molecule has 122 valence electrons. The minimum absolute atomic E-state index is 0.388. The van der Waals surface area contributed by atoms with Crippen molar-refractivity contribution in [3.8, 4) is 16.9 Å². The highest BCUT2D eigenvalue weighted by atomic mass is 35.5. The van der Waals surface area contributed by atoms with Crippen LogP contribution in [0.3, 0.4) is 0 Å². The van der Waals surface area contributed by atoms with Gasteiger partial charge in [-0.2, -0.15) is 0 Å². The molecule has 3 aromatic rings. The van der Waals surface area contributed by atoms with Gasteiger partial charge in [-0.25, -0.2) is 4.98 Å². The van der Waals surface area contributed by atoms with Gasteiger partial charge in [-0.15, -0.1) is 0 Å². The molecule has 0 amide bonds. The molecule has 0 aliphatic rings. The van der Waals surface area contributed by atoms with Crippen LogP contribution in [-0.2, 0) is 0 Å². The van der Waals surface area contributed by atoms with Gasteiger partial charge < -0.3 is 15.8 Å². The van der Waals surface area contributed by atoms with Crippen molar-refractivity contribution >= 4 is 40.5 Å². The van der Waals surface area contributed by atoms with Gasteiger partial charge in [0.25, 0.3) is 0 Å². The molecule has 0 spiro atoms. The molecule has 1 heterocycles. The summed E-state index contributed by atoms with van der Waals surface area (Å²) in [7, 11) is 1.61. The maximum Gasteiger partial charge on any atom is 0.133 e. The number of pyridine rings is 1. The van der Waals surface area contributed by atoms with E-state index in [-0.39, 0.29) is 0 Å². The lowest BCUT2D eigenvalue weighted by molar-refractivity contribution is 0.416. The third-order valence-corrected chi connectivity index (χ3v) is 3.88. The molecule has 24 heavy (non-hydrogen) atoms. The van der Waals surface area contributed by atoms with E-state index in [1.165, 1.54) is 0 Å². The van der Waals surface area contributed by atoms with Gasteiger partial charge >= 0.3 is 0 Å². The molecular weight excluding hydrogens is 345 g/mol. The molecule has 0 aliphatic heterocycles. The normalized spacial score (nSPS) is 10.5. The van der Waals surface area contributed by atoms with Crippen LogP contribution in [0.25, 0.3) is 11.1 Å². The maximum absolute atomic E-state index is 6.12. The molecule has 3 N–H and O–H groups in total. The fourth-order valence-electron chi connectivity index (χ4n) is 2.39. The van der Waals surface area contributed by atoms with Crippen molar-refractivity contribution in [2.75, 3.05) is 18.2 Å².